The number of hydrogen-bond donors (Lipinski definition) is 1. The van der Waals surface area contributed by atoms with Crippen molar-refractivity contribution in [2.75, 3.05) is 5.43 Å². The number of aryl methyl sites for hydroxylation is 1. The van der Waals surface area contributed by atoms with Crippen LogP contribution in [0, 0.1) is 6.92 Å². The molecular weight excluding hydrogens is 280 g/mol. The van der Waals surface area contributed by atoms with Gasteiger partial charge in [0.25, 0.3) is 0 Å². The molecule has 1 N–H and O–H groups in total. The molecule has 0 bridgehead atoms. The van der Waals surface area contributed by atoms with E-state index in [0.717, 1.165) is 21.8 Å². The van der Waals surface area contributed by atoms with Crippen LogP contribution in [0.5, 0.6) is 0 Å². The van der Waals surface area contributed by atoms with E-state index >= 15 is 0 Å². The lowest BCUT2D eigenvalue weighted by Crippen LogP contribution is -2.10. The van der Waals surface area contributed by atoms with Crippen molar-refractivity contribution >= 4 is 23.5 Å². The molecule has 0 radical (unpaired) electrons. The van der Waals surface area contributed by atoms with E-state index in [1.54, 1.807) is 6.21 Å². The largest absolute Gasteiger partial charge is 0.278 e. The molecule has 0 aliphatic carbocycles. The fourth-order valence-electron chi connectivity index (χ4n) is 1.91. The highest BCUT2D eigenvalue weighted by Crippen LogP contribution is 2.22. The number of hydrogen-bond acceptors (Lipinski definition) is 2. The van der Waals surface area contributed by atoms with E-state index in [4.69, 9.17) is 11.6 Å². The molecule has 0 spiro atoms. The van der Waals surface area contributed by atoms with Gasteiger partial charge in [0.2, 0.25) is 0 Å². The van der Waals surface area contributed by atoms with Crippen LogP contribution in [-0.2, 0) is 5.41 Å². The first-order valence-corrected chi connectivity index (χ1v) is 7.40. The highest BCUT2D eigenvalue weighted by molar-refractivity contribution is 6.31. The Bertz CT molecular complexity index is 637. The molecule has 2 aromatic rings. The first-order chi connectivity index (χ1) is 9.86. The van der Waals surface area contributed by atoms with Crippen LogP contribution in [0.4, 0.5) is 5.69 Å². The Hall–Kier alpha value is -1.80. The van der Waals surface area contributed by atoms with Crippen LogP contribution in [0.25, 0.3) is 0 Å². The predicted octanol–water partition coefficient (Wildman–Crippen LogP) is 5.39. The normalized spacial score (nSPS) is 11.9. The zero-order valence-electron chi connectivity index (χ0n) is 12.9. The minimum absolute atomic E-state index is 0.173. The molecule has 0 aliphatic heterocycles. The second-order valence-corrected chi connectivity index (χ2v) is 6.61. The van der Waals surface area contributed by atoms with E-state index in [1.165, 1.54) is 5.56 Å². The van der Waals surface area contributed by atoms with Gasteiger partial charge in [-0.25, -0.2) is 0 Å². The average molecular weight is 301 g/mol. The van der Waals surface area contributed by atoms with Gasteiger partial charge in [-0.3, -0.25) is 5.43 Å². The van der Waals surface area contributed by atoms with Gasteiger partial charge in [0.1, 0.15) is 0 Å². The van der Waals surface area contributed by atoms with Crippen LogP contribution >= 0.6 is 11.6 Å². The number of nitrogens with one attached hydrogen (secondary N) is 1. The molecule has 0 aromatic heterocycles. The molecule has 110 valence electrons. The molecule has 0 aliphatic rings. The summed E-state index contributed by atoms with van der Waals surface area (Å²) in [6, 6.07) is 14.2. The maximum Gasteiger partial charge on any atom is 0.0576 e. The Morgan fingerprint density at radius 1 is 1.05 bits per heavy atom. The van der Waals surface area contributed by atoms with E-state index < -0.39 is 0 Å². The molecule has 0 fully saturated rings. The Kier molecular flexibility index (Phi) is 4.69. The first-order valence-electron chi connectivity index (χ1n) is 7.02. The van der Waals surface area contributed by atoms with E-state index in [-0.39, 0.29) is 5.41 Å². The van der Waals surface area contributed by atoms with Crippen molar-refractivity contribution < 1.29 is 0 Å². The molecular formula is C18H21ClN2. The summed E-state index contributed by atoms with van der Waals surface area (Å²) in [6.45, 7) is 8.60. The smallest absolute Gasteiger partial charge is 0.0576 e. The Morgan fingerprint density at radius 3 is 2.29 bits per heavy atom. The van der Waals surface area contributed by atoms with Crippen LogP contribution < -0.4 is 5.43 Å². The van der Waals surface area contributed by atoms with Crippen molar-refractivity contribution in [3.63, 3.8) is 0 Å². The summed E-state index contributed by atoms with van der Waals surface area (Å²) in [5.41, 5.74) is 7.49. The van der Waals surface area contributed by atoms with Gasteiger partial charge in [0, 0.05) is 5.02 Å². The van der Waals surface area contributed by atoms with Gasteiger partial charge >= 0.3 is 0 Å². The molecule has 21 heavy (non-hydrogen) atoms. The zero-order chi connectivity index (χ0) is 15.5. The van der Waals surface area contributed by atoms with Gasteiger partial charge in [-0.1, -0.05) is 62.7 Å². The number of halogens is 1. The van der Waals surface area contributed by atoms with Crippen molar-refractivity contribution in [2.45, 2.75) is 33.1 Å². The third kappa shape index (κ3) is 4.33. The SMILES string of the molecule is Cc1ccc(N/N=C\c2ccc(C(C)(C)C)cc2)cc1Cl. The molecule has 0 saturated carbocycles. The molecule has 2 aromatic carbocycles. The highest BCUT2D eigenvalue weighted by atomic mass is 35.5. The van der Waals surface area contributed by atoms with Gasteiger partial charge in [0.15, 0.2) is 0 Å². The summed E-state index contributed by atoms with van der Waals surface area (Å²) < 4.78 is 0. The number of hydrazone groups is 1. The average Bonchev–Trinajstić information content (AvgIpc) is 2.42. The van der Waals surface area contributed by atoms with E-state index in [1.807, 2.05) is 25.1 Å². The molecule has 2 nitrogen and oxygen atoms in total. The van der Waals surface area contributed by atoms with Crippen molar-refractivity contribution in [1.29, 1.82) is 0 Å². The van der Waals surface area contributed by atoms with Crippen LogP contribution in [0.2, 0.25) is 5.02 Å². The summed E-state index contributed by atoms with van der Waals surface area (Å²) in [5.74, 6) is 0. The number of nitrogens with zero attached hydrogens (tertiary/aromatic N) is 1. The second-order valence-electron chi connectivity index (χ2n) is 6.21. The van der Waals surface area contributed by atoms with E-state index in [9.17, 15) is 0 Å². The van der Waals surface area contributed by atoms with Crippen LogP contribution in [0.15, 0.2) is 47.6 Å². The van der Waals surface area contributed by atoms with Gasteiger partial charge in [-0.2, -0.15) is 5.10 Å². The molecule has 3 heteroatoms. The van der Waals surface area contributed by atoms with Crippen LogP contribution in [0.3, 0.4) is 0 Å². The number of anilines is 1. The molecule has 2 rings (SSSR count). The van der Waals surface area contributed by atoms with E-state index in [0.29, 0.717) is 0 Å². The first kappa shape index (κ1) is 15.6. The lowest BCUT2D eigenvalue weighted by Gasteiger charge is -2.18. The fraction of sp³-hybridized carbons (Fsp3) is 0.278. The van der Waals surface area contributed by atoms with Crippen molar-refractivity contribution in [3.05, 3.63) is 64.2 Å². The summed E-state index contributed by atoms with van der Waals surface area (Å²) >= 11 is 6.08. The molecule has 0 amide bonds. The van der Waals surface area contributed by atoms with Crippen molar-refractivity contribution in [2.24, 2.45) is 5.10 Å². The summed E-state index contributed by atoms with van der Waals surface area (Å²) in [5, 5.41) is 4.98. The summed E-state index contributed by atoms with van der Waals surface area (Å²) in [7, 11) is 0. The van der Waals surface area contributed by atoms with E-state index in [2.05, 4.69) is 55.6 Å². The minimum Gasteiger partial charge on any atom is -0.278 e. The molecule has 0 saturated heterocycles. The highest BCUT2D eigenvalue weighted by Gasteiger charge is 2.12. The third-order valence-corrected chi connectivity index (χ3v) is 3.76. The van der Waals surface area contributed by atoms with Crippen LogP contribution in [0.1, 0.15) is 37.5 Å². The van der Waals surface area contributed by atoms with Crippen molar-refractivity contribution in [3.8, 4) is 0 Å². The summed E-state index contributed by atoms with van der Waals surface area (Å²) in [4.78, 5) is 0. The lowest BCUT2D eigenvalue weighted by molar-refractivity contribution is 0.590. The standard InChI is InChI=1S/C18H21ClN2/c1-13-5-10-16(11-17(13)19)21-20-12-14-6-8-15(9-7-14)18(2,3)4/h5-12,21H,1-4H3/b20-12-. The van der Waals surface area contributed by atoms with Crippen LogP contribution in [-0.4, -0.2) is 6.21 Å². The second kappa shape index (κ2) is 6.31. The fourth-order valence-corrected chi connectivity index (χ4v) is 2.09. The number of benzene rings is 2. The third-order valence-electron chi connectivity index (χ3n) is 3.36. The van der Waals surface area contributed by atoms with Gasteiger partial charge in [-0.05, 0) is 41.2 Å². The zero-order valence-corrected chi connectivity index (χ0v) is 13.7. The van der Waals surface area contributed by atoms with Gasteiger partial charge in [0.05, 0.1) is 11.9 Å². The Balaban J connectivity index is 2.02. The topological polar surface area (TPSA) is 24.4 Å². The maximum atomic E-state index is 6.08. The van der Waals surface area contributed by atoms with Gasteiger partial charge in [-0.15, -0.1) is 0 Å². The Morgan fingerprint density at radius 2 is 1.71 bits per heavy atom. The maximum absolute atomic E-state index is 6.08. The molecule has 0 atom stereocenters. The van der Waals surface area contributed by atoms with Gasteiger partial charge < -0.3 is 0 Å². The lowest BCUT2D eigenvalue weighted by atomic mass is 9.87. The monoisotopic (exact) mass is 300 g/mol. The summed E-state index contributed by atoms with van der Waals surface area (Å²) in [6.07, 6.45) is 1.81. The Labute approximate surface area is 131 Å². The quantitative estimate of drug-likeness (QED) is 0.596. The van der Waals surface area contributed by atoms with Crippen molar-refractivity contribution in [1.82, 2.24) is 0 Å². The molecule has 0 heterocycles. The number of rotatable bonds is 3. The predicted molar refractivity (Wildman–Crippen MR) is 92.5 cm³/mol. The molecule has 0 unspecified atom stereocenters. The minimum atomic E-state index is 0.173.